The third kappa shape index (κ3) is 4.23. The largest absolute Gasteiger partial charge is 0.495 e. The van der Waals surface area contributed by atoms with Crippen LogP contribution >= 0.6 is 11.6 Å². The summed E-state index contributed by atoms with van der Waals surface area (Å²) in [5.41, 5.74) is 1.63. The zero-order valence-corrected chi connectivity index (χ0v) is 13.3. The van der Waals surface area contributed by atoms with E-state index in [1.165, 1.54) is 0 Å². The van der Waals surface area contributed by atoms with Gasteiger partial charge in [-0.1, -0.05) is 11.6 Å². The van der Waals surface area contributed by atoms with Gasteiger partial charge in [-0.05, 0) is 39.0 Å². The van der Waals surface area contributed by atoms with Gasteiger partial charge in [-0.3, -0.25) is 0 Å². The molecular formula is C15H19ClN4O. The Morgan fingerprint density at radius 2 is 1.95 bits per heavy atom. The van der Waals surface area contributed by atoms with Crippen molar-refractivity contribution in [2.75, 3.05) is 17.7 Å². The van der Waals surface area contributed by atoms with Gasteiger partial charge in [-0.15, -0.1) is 0 Å². The van der Waals surface area contributed by atoms with Crippen molar-refractivity contribution >= 4 is 29.1 Å². The molecule has 1 aromatic heterocycles. The Morgan fingerprint density at radius 1 is 1.19 bits per heavy atom. The molecule has 0 saturated carbocycles. The minimum absolute atomic E-state index is 0.264. The Bertz CT molecular complexity index is 631. The first-order valence-corrected chi connectivity index (χ1v) is 7.08. The summed E-state index contributed by atoms with van der Waals surface area (Å²) < 4.78 is 5.32. The smallest absolute Gasteiger partial charge is 0.225 e. The van der Waals surface area contributed by atoms with E-state index in [0.717, 1.165) is 11.4 Å². The van der Waals surface area contributed by atoms with E-state index in [2.05, 4.69) is 20.6 Å². The molecule has 0 radical (unpaired) electrons. The zero-order chi connectivity index (χ0) is 15.4. The summed E-state index contributed by atoms with van der Waals surface area (Å²) in [4.78, 5) is 8.80. The van der Waals surface area contributed by atoms with Crippen molar-refractivity contribution in [3.8, 4) is 5.75 Å². The molecule has 0 aliphatic carbocycles. The summed E-state index contributed by atoms with van der Waals surface area (Å²) in [6.07, 6.45) is 0. The molecule has 0 unspecified atom stereocenters. The van der Waals surface area contributed by atoms with Crippen LogP contribution in [0.4, 0.5) is 17.5 Å². The van der Waals surface area contributed by atoms with Crippen LogP contribution in [0.3, 0.4) is 0 Å². The molecule has 6 heteroatoms. The summed E-state index contributed by atoms with van der Waals surface area (Å²) in [7, 11) is 1.62. The number of nitrogens with zero attached hydrogens (tertiary/aromatic N) is 2. The molecule has 0 saturated heterocycles. The van der Waals surface area contributed by atoms with Crippen LogP contribution in [-0.2, 0) is 0 Å². The van der Waals surface area contributed by atoms with E-state index < -0.39 is 0 Å². The van der Waals surface area contributed by atoms with E-state index in [0.29, 0.717) is 22.5 Å². The topological polar surface area (TPSA) is 59.1 Å². The van der Waals surface area contributed by atoms with Crippen LogP contribution in [0.25, 0.3) is 0 Å². The summed E-state index contributed by atoms with van der Waals surface area (Å²) in [6, 6.07) is 7.52. The van der Waals surface area contributed by atoms with Crippen LogP contribution in [0.1, 0.15) is 19.5 Å². The summed E-state index contributed by atoms with van der Waals surface area (Å²) >= 11 is 6.03. The van der Waals surface area contributed by atoms with Crippen molar-refractivity contribution in [3.05, 3.63) is 35.0 Å². The van der Waals surface area contributed by atoms with Crippen molar-refractivity contribution in [1.29, 1.82) is 0 Å². The van der Waals surface area contributed by atoms with E-state index in [-0.39, 0.29) is 6.04 Å². The fraction of sp³-hybridized carbons (Fsp3) is 0.333. The molecule has 0 amide bonds. The average molecular weight is 307 g/mol. The average Bonchev–Trinajstić information content (AvgIpc) is 2.37. The van der Waals surface area contributed by atoms with Gasteiger partial charge in [-0.2, -0.15) is 4.98 Å². The lowest BCUT2D eigenvalue weighted by Gasteiger charge is -2.13. The first-order chi connectivity index (χ1) is 9.97. The molecule has 0 bridgehead atoms. The van der Waals surface area contributed by atoms with E-state index in [9.17, 15) is 0 Å². The fourth-order valence-corrected chi connectivity index (χ4v) is 2.04. The summed E-state index contributed by atoms with van der Waals surface area (Å²) in [6.45, 7) is 6.01. The molecule has 0 atom stereocenters. The Labute approximate surface area is 129 Å². The molecule has 1 aromatic carbocycles. The number of methoxy groups -OCH3 is 1. The normalized spacial score (nSPS) is 10.6. The Morgan fingerprint density at radius 3 is 2.62 bits per heavy atom. The minimum atomic E-state index is 0.264. The number of aromatic nitrogens is 2. The second kappa shape index (κ2) is 6.63. The lowest BCUT2D eigenvalue weighted by Crippen LogP contribution is -2.13. The zero-order valence-electron chi connectivity index (χ0n) is 12.6. The lowest BCUT2D eigenvalue weighted by molar-refractivity contribution is 0.417. The van der Waals surface area contributed by atoms with Crippen LogP contribution in [0.15, 0.2) is 24.3 Å². The number of nitrogens with one attached hydrogen (secondary N) is 2. The van der Waals surface area contributed by atoms with Gasteiger partial charge in [-0.25, -0.2) is 4.98 Å². The molecule has 1 heterocycles. The molecule has 112 valence electrons. The van der Waals surface area contributed by atoms with Gasteiger partial charge in [0.05, 0.1) is 12.8 Å². The van der Waals surface area contributed by atoms with E-state index in [4.69, 9.17) is 16.3 Å². The first-order valence-electron chi connectivity index (χ1n) is 6.70. The lowest BCUT2D eigenvalue weighted by atomic mass is 10.3. The quantitative estimate of drug-likeness (QED) is 0.874. The van der Waals surface area contributed by atoms with Crippen LogP contribution in [0.2, 0.25) is 5.02 Å². The van der Waals surface area contributed by atoms with Gasteiger partial charge in [0.2, 0.25) is 5.95 Å². The first kappa shape index (κ1) is 15.4. The maximum absolute atomic E-state index is 6.03. The molecular weight excluding hydrogens is 288 g/mol. The second-order valence-corrected chi connectivity index (χ2v) is 5.42. The van der Waals surface area contributed by atoms with E-state index in [1.54, 1.807) is 19.2 Å². The highest BCUT2D eigenvalue weighted by Crippen LogP contribution is 2.30. The Hall–Kier alpha value is -2.01. The number of aryl methyl sites for hydroxylation is 1. The molecule has 0 spiro atoms. The van der Waals surface area contributed by atoms with Crippen molar-refractivity contribution in [1.82, 2.24) is 9.97 Å². The Kier molecular flexibility index (Phi) is 4.85. The maximum atomic E-state index is 6.03. The highest BCUT2D eigenvalue weighted by Gasteiger charge is 2.08. The van der Waals surface area contributed by atoms with Crippen molar-refractivity contribution in [3.63, 3.8) is 0 Å². The standard InChI is InChI=1S/C15H19ClN4O/c1-9(2)17-15-18-10(3)7-14(20-15)19-12-8-11(16)5-6-13(12)21-4/h5-9H,1-4H3,(H2,17,18,19,20). The number of anilines is 3. The number of halogens is 1. The predicted octanol–water partition coefficient (Wildman–Crippen LogP) is 4.01. The molecule has 0 aliphatic rings. The number of rotatable bonds is 5. The highest BCUT2D eigenvalue weighted by atomic mass is 35.5. The van der Waals surface area contributed by atoms with Gasteiger partial charge >= 0.3 is 0 Å². The third-order valence-corrected chi connectivity index (χ3v) is 2.93. The molecule has 0 aliphatic heterocycles. The van der Waals surface area contributed by atoms with Crippen LogP contribution in [0, 0.1) is 6.92 Å². The van der Waals surface area contributed by atoms with Gasteiger partial charge < -0.3 is 15.4 Å². The number of hydrogen-bond acceptors (Lipinski definition) is 5. The molecule has 0 fully saturated rings. The van der Waals surface area contributed by atoms with E-state index >= 15 is 0 Å². The van der Waals surface area contributed by atoms with Gasteiger partial charge in [0.15, 0.2) is 0 Å². The van der Waals surface area contributed by atoms with Gasteiger partial charge in [0.25, 0.3) is 0 Å². The number of benzene rings is 1. The number of hydrogen-bond donors (Lipinski definition) is 2. The van der Waals surface area contributed by atoms with Crippen LogP contribution < -0.4 is 15.4 Å². The molecule has 2 N–H and O–H groups in total. The van der Waals surface area contributed by atoms with Crippen molar-refractivity contribution in [2.24, 2.45) is 0 Å². The third-order valence-electron chi connectivity index (χ3n) is 2.70. The van der Waals surface area contributed by atoms with Crippen molar-refractivity contribution in [2.45, 2.75) is 26.8 Å². The SMILES string of the molecule is COc1ccc(Cl)cc1Nc1cc(C)nc(NC(C)C)n1. The molecule has 2 aromatic rings. The van der Waals surface area contributed by atoms with Gasteiger partial charge in [0, 0.05) is 22.8 Å². The van der Waals surface area contributed by atoms with Crippen LogP contribution in [-0.4, -0.2) is 23.1 Å². The highest BCUT2D eigenvalue weighted by molar-refractivity contribution is 6.31. The maximum Gasteiger partial charge on any atom is 0.225 e. The number of ether oxygens (including phenoxy) is 1. The molecule has 2 rings (SSSR count). The monoisotopic (exact) mass is 306 g/mol. The predicted molar refractivity (Wildman–Crippen MR) is 86.8 cm³/mol. The Balaban J connectivity index is 2.31. The minimum Gasteiger partial charge on any atom is -0.495 e. The van der Waals surface area contributed by atoms with Crippen molar-refractivity contribution < 1.29 is 4.74 Å². The van der Waals surface area contributed by atoms with Gasteiger partial charge in [0.1, 0.15) is 11.6 Å². The summed E-state index contributed by atoms with van der Waals surface area (Å²) in [5.74, 6) is 1.98. The summed E-state index contributed by atoms with van der Waals surface area (Å²) in [5, 5.41) is 7.04. The molecule has 21 heavy (non-hydrogen) atoms. The molecule has 5 nitrogen and oxygen atoms in total. The fourth-order valence-electron chi connectivity index (χ4n) is 1.87. The van der Waals surface area contributed by atoms with Crippen LogP contribution in [0.5, 0.6) is 5.75 Å². The second-order valence-electron chi connectivity index (χ2n) is 4.99. The van der Waals surface area contributed by atoms with E-state index in [1.807, 2.05) is 32.9 Å².